The molecule has 3 rings (SSSR count). The third-order valence-electron chi connectivity index (χ3n) is 3.92. The molecule has 11 heteroatoms. The van der Waals surface area contributed by atoms with Crippen molar-refractivity contribution in [2.24, 2.45) is 0 Å². The fraction of sp³-hybridized carbons (Fsp3) is 0.412. The van der Waals surface area contributed by atoms with Gasteiger partial charge in [0.25, 0.3) is 0 Å². The summed E-state index contributed by atoms with van der Waals surface area (Å²) in [6.07, 6.45) is 1.50. The topological polar surface area (TPSA) is 138 Å². The van der Waals surface area contributed by atoms with Crippen molar-refractivity contribution in [2.45, 2.75) is 36.6 Å². The summed E-state index contributed by atoms with van der Waals surface area (Å²) in [5.41, 5.74) is 9.61. The highest BCUT2D eigenvalue weighted by molar-refractivity contribution is 7.98. The molecular weight excluding hydrogens is 424 g/mol. The molecular formula is C17H21ClN4O4S2. The Morgan fingerprint density at radius 1 is 1.21 bits per heavy atom. The van der Waals surface area contributed by atoms with Crippen LogP contribution in [-0.4, -0.2) is 44.6 Å². The van der Waals surface area contributed by atoms with Crippen LogP contribution in [0.5, 0.6) is 0 Å². The predicted molar refractivity (Wildman–Crippen MR) is 110 cm³/mol. The van der Waals surface area contributed by atoms with Crippen molar-refractivity contribution in [2.75, 3.05) is 18.8 Å². The van der Waals surface area contributed by atoms with Crippen molar-refractivity contribution in [3.63, 3.8) is 0 Å². The van der Waals surface area contributed by atoms with E-state index in [9.17, 15) is 9.59 Å². The van der Waals surface area contributed by atoms with E-state index in [1.807, 2.05) is 6.07 Å². The Balaban J connectivity index is 0.000000300. The SMILES string of the molecule is Nc1nc(SCc2c(Cl)ccc3c2CCNCC3)ns1.O=C(O)CCC(=O)O. The zero-order valence-electron chi connectivity index (χ0n) is 15.0. The van der Waals surface area contributed by atoms with Crippen molar-refractivity contribution in [3.8, 4) is 0 Å². The lowest BCUT2D eigenvalue weighted by Gasteiger charge is -2.13. The maximum absolute atomic E-state index is 9.64. The lowest BCUT2D eigenvalue weighted by atomic mass is 9.98. The molecule has 28 heavy (non-hydrogen) atoms. The number of carbonyl (C=O) groups is 2. The molecule has 0 spiro atoms. The van der Waals surface area contributed by atoms with Crippen LogP contribution in [0.1, 0.15) is 29.5 Å². The van der Waals surface area contributed by atoms with Crippen molar-refractivity contribution in [3.05, 3.63) is 33.8 Å². The summed E-state index contributed by atoms with van der Waals surface area (Å²) in [4.78, 5) is 23.5. The zero-order chi connectivity index (χ0) is 20.5. The Morgan fingerprint density at radius 3 is 2.50 bits per heavy atom. The van der Waals surface area contributed by atoms with Gasteiger partial charge in [-0.15, -0.1) is 0 Å². The molecule has 1 aromatic heterocycles. The summed E-state index contributed by atoms with van der Waals surface area (Å²) in [5, 5.41) is 21.3. The lowest BCUT2D eigenvalue weighted by molar-refractivity contribution is -0.143. The number of benzene rings is 1. The van der Waals surface area contributed by atoms with E-state index >= 15 is 0 Å². The maximum Gasteiger partial charge on any atom is 0.303 e. The van der Waals surface area contributed by atoms with Crippen LogP contribution in [0, 0.1) is 0 Å². The van der Waals surface area contributed by atoms with Gasteiger partial charge in [0.1, 0.15) is 0 Å². The summed E-state index contributed by atoms with van der Waals surface area (Å²) < 4.78 is 4.20. The first-order valence-corrected chi connectivity index (χ1v) is 10.7. The lowest BCUT2D eigenvalue weighted by Crippen LogP contribution is -2.16. The summed E-state index contributed by atoms with van der Waals surface area (Å²) >= 11 is 9.21. The number of fused-ring (bicyclic) bond motifs is 1. The van der Waals surface area contributed by atoms with E-state index in [0.29, 0.717) is 5.13 Å². The van der Waals surface area contributed by atoms with Crippen molar-refractivity contribution < 1.29 is 19.8 Å². The number of halogens is 1. The Kier molecular flexibility index (Phi) is 8.97. The number of hydrogen-bond donors (Lipinski definition) is 4. The molecule has 0 radical (unpaired) electrons. The second-order valence-corrected chi connectivity index (χ2v) is 8.04. The van der Waals surface area contributed by atoms with E-state index in [1.54, 1.807) is 11.8 Å². The standard InChI is InChI=1S/C13H15ClN4S2.C4H6O4/c14-11-2-1-8-3-5-16-6-4-9(8)10(11)7-19-13-17-12(15)20-18-13;5-3(6)1-2-4(7)8/h1-2,16H,3-7H2,(H2,15,17,18);1-2H2,(H,5,6)(H,7,8). The molecule has 0 unspecified atom stereocenters. The number of carboxylic acids is 2. The number of rotatable bonds is 6. The first-order chi connectivity index (χ1) is 13.4. The second-order valence-electron chi connectivity index (χ2n) is 5.90. The normalized spacial score (nSPS) is 13.0. The van der Waals surface area contributed by atoms with Crippen LogP contribution in [0.15, 0.2) is 17.3 Å². The minimum atomic E-state index is -1.08. The van der Waals surface area contributed by atoms with Gasteiger partial charge < -0.3 is 21.3 Å². The number of thioether (sulfide) groups is 1. The van der Waals surface area contributed by atoms with Gasteiger partial charge in [0.05, 0.1) is 12.8 Å². The van der Waals surface area contributed by atoms with Gasteiger partial charge in [-0.3, -0.25) is 9.59 Å². The number of nitrogens with one attached hydrogen (secondary N) is 1. The average molecular weight is 445 g/mol. The van der Waals surface area contributed by atoms with Gasteiger partial charge in [0, 0.05) is 22.3 Å². The summed E-state index contributed by atoms with van der Waals surface area (Å²) in [5.74, 6) is -1.36. The van der Waals surface area contributed by atoms with Crippen LogP contribution >= 0.6 is 34.9 Å². The Labute approximate surface area is 175 Å². The molecule has 0 saturated heterocycles. The molecule has 0 saturated carbocycles. The van der Waals surface area contributed by atoms with Crippen molar-refractivity contribution in [1.82, 2.24) is 14.7 Å². The number of hydrogen-bond acceptors (Lipinski definition) is 8. The number of nitrogens with zero attached hydrogens (tertiary/aromatic N) is 2. The first-order valence-electron chi connectivity index (χ1n) is 8.52. The molecule has 0 fully saturated rings. The van der Waals surface area contributed by atoms with E-state index in [-0.39, 0.29) is 12.8 Å². The van der Waals surface area contributed by atoms with E-state index in [2.05, 4.69) is 20.7 Å². The van der Waals surface area contributed by atoms with Crippen LogP contribution in [0.2, 0.25) is 5.02 Å². The third kappa shape index (κ3) is 7.27. The Bertz CT molecular complexity index is 817. The molecule has 1 aliphatic heterocycles. The van der Waals surface area contributed by atoms with Gasteiger partial charge in [-0.25, -0.2) is 0 Å². The molecule has 5 N–H and O–H groups in total. The smallest absolute Gasteiger partial charge is 0.303 e. The van der Waals surface area contributed by atoms with Crippen molar-refractivity contribution >= 4 is 52.0 Å². The van der Waals surface area contributed by atoms with Crippen LogP contribution < -0.4 is 11.1 Å². The van der Waals surface area contributed by atoms with Gasteiger partial charge in [-0.2, -0.15) is 9.36 Å². The summed E-state index contributed by atoms with van der Waals surface area (Å²) in [7, 11) is 0. The molecule has 0 bridgehead atoms. The van der Waals surface area contributed by atoms with Gasteiger partial charge >= 0.3 is 11.9 Å². The molecule has 0 atom stereocenters. The van der Waals surface area contributed by atoms with E-state index < -0.39 is 11.9 Å². The highest BCUT2D eigenvalue weighted by Crippen LogP contribution is 2.31. The highest BCUT2D eigenvalue weighted by Gasteiger charge is 2.15. The number of nitrogen functional groups attached to an aromatic ring is 1. The number of aliphatic carboxylic acids is 2. The number of carboxylic acid groups (broad SMARTS) is 2. The van der Waals surface area contributed by atoms with E-state index in [0.717, 1.165) is 41.9 Å². The third-order valence-corrected chi connectivity index (χ3v) is 5.80. The van der Waals surface area contributed by atoms with Gasteiger partial charge in [-0.05, 0) is 48.7 Å². The number of anilines is 1. The Hall–Kier alpha value is -1.88. The minimum Gasteiger partial charge on any atom is -0.481 e. The number of aromatic nitrogens is 2. The molecule has 0 amide bonds. The van der Waals surface area contributed by atoms with Crippen LogP contribution in [0.25, 0.3) is 0 Å². The van der Waals surface area contributed by atoms with Gasteiger partial charge in [0.2, 0.25) is 10.3 Å². The molecule has 2 heterocycles. The average Bonchev–Trinajstić information content (AvgIpc) is 2.91. The van der Waals surface area contributed by atoms with E-state index in [1.165, 1.54) is 28.2 Å². The molecule has 1 aliphatic rings. The molecule has 152 valence electrons. The van der Waals surface area contributed by atoms with Crippen LogP contribution in [0.4, 0.5) is 5.13 Å². The molecule has 2 aromatic rings. The van der Waals surface area contributed by atoms with Crippen LogP contribution in [-0.2, 0) is 28.2 Å². The summed E-state index contributed by atoms with van der Waals surface area (Å²) in [6.45, 7) is 2.04. The minimum absolute atomic E-state index is 0.296. The van der Waals surface area contributed by atoms with Crippen molar-refractivity contribution in [1.29, 1.82) is 0 Å². The first kappa shape index (κ1) is 22.4. The van der Waals surface area contributed by atoms with Gasteiger partial charge in [-0.1, -0.05) is 29.4 Å². The summed E-state index contributed by atoms with van der Waals surface area (Å²) in [6, 6.07) is 4.16. The monoisotopic (exact) mass is 444 g/mol. The van der Waals surface area contributed by atoms with Crippen LogP contribution in [0.3, 0.4) is 0 Å². The van der Waals surface area contributed by atoms with E-state index in [4.69, 9.17) is 27.5 Å². The predicted octanol–water partition coefficient (Wildman–Crippen LogP) is 2.69. The molecule has 1 aromatic carbocycles. The largest absolute Gasteiger partial charge is 0.481 e. The fourth-order valence-electron chi connectivity index (χ4n) is 2.61. The second kappa shape index (κ2) is 11.2. The quantitative estimate of drug-likeness (QED) is 0.495. The fourth-order valence-corrected chi connectivity index (χ4v) is 4.42. The molecule has 0 aliphatic carbocycles. The van der Waals surface area contributed by atoms with Gasteiger partial charge in [0.15, 0.2) is 0 Å². The Morgan fingerprint density at radius 2 is 1.89 bits per heavy atom. The highest BCUT2D eigenvalue weighted by atomic mass is 35.5. The maximum atomic E-state index is 9.64. The molecule has 8 nitrogen and oxygen atoms in total. The zero-order valence-corrected chi connectivity index (χ0v) is 17.4. The number of nitrogens with two attached hydrogens (primary N) is 1.